The third-order valence-corrected chi connectivity index (χ3v) is 4.89. The highest BCUT2D eigenvalue weighted by Crippen LogP contribution is 2.16. The van der Waals surface area contributed by atoms with Gasteiger partial charge in [0.15, 0.2) is 0 Å². The molecule has 0 unspecified atom stereocenters. The van der Waals surface area contributed by atoms with Crippen LogP contribution in [0.4, 0.5) is 5.69 Å². The summed E-state index contributed by atoms with van der Waals surface area (Å²) >= 11 is 0. The first kappa shape index (κ1) is 20.3. The van der Waals surface area contributed by atoms with E-state index in [2.05, 4.69) is 21.9 Å². The summed E-state index contributed by atoms with van der Waals surface area (Å²) in [6.07, 6.45) is 0.175. The summed E-state index contributed by atoms with van der Waals surface area (Å²) in [5.74, 6) is -0.487. The third kappa shape index (κ3) is 5.51. The van der Waals surface area contributed by atoms with Crippen molar-refractivity contribution in [1.29, 1.82) is 0 Å². The van der Waals surface area contributed by atoms with E-state index in [1.807, 2.05) is 75.4 Å². The highest BCUT2D eigenvalue weighted by atomic mass is 16.2. The third-order valence-electron chi connectivity index (χ3n) is 4.89. The van der Waals surface area contributed by atoms with Gasteiger partial charge in [-0.15, -0.1) is 0 Å². The molecule has 2 amide bonds. The van der Waals surface area contributed by atoms with Gasteiger partial charge in [0, 0.05) is 18.5 Å². The zero-order valence-electron chi connectivity index (χ0n) is 17.0. The molecule has 0 aliphatic rings. The van der Waals surface area contributed by atoms with Gasteiger partial charge in [-0.25, -0.2) is 5.43 Å². The number of carbonyl (C=O) groups excluding carboxylic acids is 2. The summed E-state index contributed by atoms with van der Waals surface area (Å²) in [6.45, 7) is 5.86. The van der Waals surface area contributed by atoms with Crippen LogP contribution in [0, 0.1) is 13.8 Å². The number of benzene rings is 3. The van der Waals surface area contributed by atoms with Gasteiger partial charge in [-0.3, -0.25) is 9.59 Å². The predicted molar refractivity (Wildman–Crippen MR) is 118 cm³/mol. The van der Waals surface area contributed by atoms with Crippen LogP contribution >= 0.6 is 0 Å². The molecule has 3 aromatic carbocycles. The lowest BCUT2D eigenvalue weighted by Crippen LogP contribution is -2.21. The molecule has 3 aromatic rings. The molecule has 0 aliphatic heterocycles. The molecule has 0 spiro atoms. The molecule has 29 heavy (non-hydrogen) atoms. The molecule has 0 saturated heterocycles. The average Bonchev–Trinajstić information content (AvgIpc) is 2.72. The fraction of sp³-hybridized carbons (Fsp3) is 0.208. The maximum absolute atomic E-state index is 12.1. The summed E-state index contributed by atoms with van der Waals surface area (Å²) in [4.78, 5) is 24.1. The maximum Gasteiger partial charge on any atom is 0.240 e. The summed E-state index contributed by atoms with van der Waals surface area (Å²) in [5.41, 5.74) is 7.21. The van der Waals surface area contributed by atoms with Crippen molar-refractivity contribution < 1.29 is 9.59 Å². The van der Waals surface area contributed by atoms with Crippen LogP contribution < -0.4 is 10.7 Å². The number of fused-ring (bicyclic) bond motifs is 1. The van der Waals surface area contributed by atoms with Crippen molar-refractivity contribution in [3.63, 3.8) is 0 Å². The van der Waals surface area contributed by atoms with Gasteiger partial charge in [0.2, 0.25) is 11.8 Å². The maximum atomic E-state index is 12.1. The second kappa shape index (κ2) is 9.15. The number of nitrogens with one attached hydrogen (secondary N) is 2. The van der Waals surface area contributed by atoms with Crippen LogP contribution in [0.1, 0.15) is 36.5 Å². The molecule has 2 N–H and O–H groups in total. The van der Waals surface area contributed by atoms with Gasteiger partial charge in [0.1, 0.15) is 0 Å². The van der Waals surface area contributed by atoms with Gasteiger partial charge in [-0.05, 0) is 66.4 Å². The summed E-state index contributed by atoms with van der Waals surface area (Å²) < 4.78 is 0. The van der Waals surface area contributed by atoms with Gasteiger partial charge < -0.3 is 5.32 Å². The number of amides is 2. The van der Waals surface area contributed by atoms with Gasteiger partial charge in [0.25, 0.3) is 0 Å². The van der Waals surface area contributed by atoms with Crippen LogP contribution in [0.5, 0.6) is 0 Å². The Morgan fingerprint density at radius 2 is 1.55 bits per heavy atom. The fourth-order valence-corrected chi connectivity index (χ4v) is 2.95. The fourth-order valence-electron chi connectivity index (χ4n) is 2.95. The Morgan fingerprint density at radius 3 is 2.31 bits per heavy atom. The molecule has 3 rings (SSSR count). The lowest BCUT2D eigenvalue weighted by molar-refractivity contribution is -0.124. The zero-order chi connectivity index (χ0) is 20.8. The Kier molecular flexibility index (Phi) is 6.39. The molecule has 5 nitrogen and oxygen atoms in total. The van der Waals surface area contributed by atoms with Crippen LogP contribution in [-0.4, -0.2) is 17.5 Å². The largest absolute Gasteiger partial charge is 0.326 e. The molecule has 0 saturated carbocycles. The van der Waals surface area contributed by atoms with Gasteiger partial charge in [-0.2, -0.15) is 5.10 Å². The molecular formula is C24H25N3O2. The second-order valence-corrected chi connectivity index (χ2v) is 7.14. The van der Waals surface area contributed by atoms with E-state index in [-0.39, 0.29) is 24.7 Å². The number of anilines is 1. The first-order valence-electron chi connectivity index (χ1n) is 9.62. The van der Waals surface area contributed by atoms with Crippen LogP contribution in [-0.2, 0) is 9.59 Å². The lowest BCUT2D eigenvalue weighted by atomic mass is 10.0. The Morgan fingerprint density at radius 1 is 0.828 bits per heavy atom. The number of rotatable bonds is 6. The Labute approximate surface area is 170 Å². The molecule has 0 fully saturated rings. The number of hydrazone groups is 1. The number of hydrogen-bond acceptors (Lipinski definition) is 3. The Balaban J connectivity index is 1.51. The number of aryl methyl sites for hydroxylation is 2. The monoisotopic (exact) mass is 387 g/mol. The number of hydrogen-bond donors (Lipinski definition) is 2. The molecule has 0 atom stereocenters. The Bertz CT molecular complexity index is 1090. The van der Waals surface area contributed by atoms with E-state index < -0.39 is 0 Å². The molecule has 0 aliphatic carbocycles. The standard InChI is InChI=1S/C24H25N3O2/c1-16-8-11-22(14-17(16)2)25-23(28)12-13-24(29)27-26-18(3)20-10-9-19-6-4-5-7-21(19)15-20/h4-11,14-15H,12-13H2,1-3H3,(H,25,28)(H,27,29). The van der Waals surface area contributed by atoms with Crippen molar-refractivity contribution in [3.8, 4) is 0 Å². The second-order valence-electron chi connectivity index (χ2n) is 7.14. The molecular weight excluding hydrogens is 362 g/mol. The van der Waals surface area contributed by atoms with Crippen molar-refractivity contribution in [2.24, 2.45) is 5.10 Å². The Hall–Kier alpha value is -3.47. The highest BCUT2D eigenvalue weighted by molar-refractivity contribution is 6.02. The first-order valence-corrected chi connectivity index (χ1v) is 9.62. The van der Waals surface area contributed by atoms with Crippen molar-refractivity contribution in [1.82, 2.24) is 5.43 Å². The smallest absolute Gasteiger partial charge is 0.240 e. The van der Waals surface area contributed by atoms with Gasteiger partial charge >= 0.3 is 0 Å². The molecule has 5 heteroatoms. The van der Waals surface area contributed by atoms with E-state index in [0.29, 0.717) is 5.71 Å². The van der Waals surface area contributed by atoms with Crippen molar-refractivity contribution in [2.75, 3.05) is 5.32 Å². The summed E-state index contributed by atoms with van der Waals surface area (Å²) in [7, 11) is 0. The minimum absolute atomic E-state index is 0.0746. The van der Waals surface area contributed by atoms with E-state index in [1.54, 1.807) is 0 Å². The van der Waals surface area contributed by atoms with Crippen LogP contribution in [0.25, 0.3) is 10.8 Å². The van der Waals surface area contributed by atoms with E-state index >= 15 is 0 Å². The summed E-state index contributed by atoms with van der Waals surface area (Å²) in [6, 6.07) is 19.9. The number of nitrogens with zero attached hydrogens (tertiary/aromatic N) is 1. The van der Waals surface area contributed by atoms with Crippen LogP contribution in [0.2, 0.25) is 0 Å². The molecule has 0 radical (unpaired) electrons. The molecule has 0 aromatic heterocycles. The summed E-state index contributed by atoms with van der Waals surface area (Å²) in [5, 5.41) is 9.26. The van der Waals surface area contributed by atoms with Crippen LogP contribution in [0.3, 0.4) is 0 Å². The van der Waals surface area contributed by atoms with Gasteiger partial charge in [-0.1, -0.05) is 42.5 Å². The minimum atomic E-state index is -0.291. The number of carbonyl (C=O) groups is 2. The van der Waals surface area contributed by atoms with Crippen molar-refractivity contribution in [2.45, 2.75) is 33.6 Å². The quantitative estimate of drug-likeness (QED) is 0.475. The molecule has 0 heterocycles. The lowest BCUT2D eigenvalue weighted by Gasteiger charge is -2.08. The zero-order valence-corrected chi connectivity index (χ0v) is 17.0. The van der Waals surface area contributed by atoms with Crippen molar-refractivity contribution >= 4 is 34.0 Å². The average molecular weight is 387 g/mol. The SMILES string of the molecule is CC(=NNC(=O)CCC(=O)Nc1ccc(C)c(C)c1)c1ccc2ccccc2c1. The normalized spacial score (nSPS) is 11.3. The predicted octanol–water partition coefficient (Wildman–Crippen LogP) is 4.72. The van der Waals surface area contributed by atoms with Gasteiger partial charge in [0.05, 0.1) is 5.71 Å². The highest BCUT2D eigenvalue weighted by Gasteiger charge is 2.08. The minimum Gasteiger partial charge on any atom is -0.326 e. The topological polar surface area (TPSA) is 70.6 Å². The van der Waals surface area contributed by atoms with E-state index in [4.69, 9.17) is 0 Å². The van der Waals surface area contributed by atoms with E-state index in [1.165, 1.54) is 5.56 Å². The van der Waals surface area contributed by atoms with E-state index in [0.717, 1.165) is 27.6 Å². The molecule has 0 bridgehead atoms. The van der Waals surface area contributed by atoms with Crippen molar-refractivity contribution in [3.05, 3.63) is 77.4 Å². The molecule has 148 valence electrons. The van der Waals surface area contributed by atoms with Crippen LogP contribution in [0.15, 0.2) is 65.8 Å². The first-order chi connectivity index (χ1) is 13.9. The van der Waals surface area contributed by atoms with E-state index in [9.17, 15) is 9.59 Å².